The zero-order valence-electron chi connectivity index (χ0n) is 13.8. The van der Waals surface area contributed by atoms with Gasteiger partial charge >= 0.3 is 5.97 Å². The molecular weight excluding hydrogens is 322 g/mol. The van der Waals surface area contributed by atoms with E-state index in [1.54, 1.807) is 31.2 Å². The minimum Gasteiger partial charge on any atom is -0.454 e. The van der Waals surface area contributed by atoms with Gasteiger partial charge in [0.25, 0.3) is 5.91 Å². The molecule has 0 aliphatic carbocycles. The normalized spacial score (nSPS) is 10.6. The largest absolute Gasteiger partial charge is 0.454 e. The monoisotopic (exact) mass is 341 g/mol. The van der Waals surface area contributed by atoms with Crippen molar-refractivity contribution in [2.45, 2.75) is 6.92 Å². The van der Waals surface area contributed by atoms with Gasteiger partial charge in [0.1, 0.15) is 6.61 Å². The highest BCUT2D eigenvalue weighted by molar-refractivity contribution is 5.92. The summed E-state index contributed by atoms with van der Waals surface area (Å²) in [6.45, 7) is 1.66. The molecule has 2 rings (SSSR count). The summed E-state index contributed by atoms with van der Waals surface area (Å²) < 4.78 is 9.67. The van der Waals surface area contributed by atoms with Gasteiger partial charge in [0.2, 0.25) is 0 Å². The number of anilines is 1. The van der Waals surface area contributed by atoms with E-state index >= 15 is 0 Å². The van der Waals surface area contributed by atoms with E-state index in [1.165, 1.54) is 0 Å². The molecule has 7 nitrogen and oxygen atoms in total. The summed E-state index contributed by atoms with van der Waals surface area (Å²) in [5.41, 5.74) is 1.99. The molecule has 0 heterocycles. The average Bonchev–Trinajstić information content (AvgIpc) is 2.65. The molecule has 2 aromatic rings. The molecule has 1 amide bonds. The van der Waals surface area contributed by atoms with Gasteiger partial charge in [-0.15, -0.1) is 0 Å². The molecule has 0 atom stereocenters. The van der Waals surface area contributed by atoms with E-state index in [0.717, 1.165) is 5.69 Å². The lowest BCUT2D eigenvalue weighted by Crippen LogP contribution is -2.22. The van der Waals surface area contributed by atoms with Crippen LogP contribution in [-0.2, 0) is 19.1 Å². The molecule has 0 unspecified atom stereocenters. The minimum absolute atomic E-state index is 0.162. The zero-order valence-corrected chi connectivity index (χ0v) is 13.8. The Hall–Kier alpha value is -3.06. The Balaban J connectivity index is 1.80. The van der Waals surface area contributed by atoms with E-state index in [4.69, 9.17) is 9.47 Å². The number of hydrogen-bond donors (Lipinski definition) is 1. The van der Waals surface area contributed by atoms with Gasteiger partial charge in [0.05, 0.1) is 11.4 Å². The number of carbonyl (C=O) groups excluding carboxylic acids is 2. The number of nitrogens with one attached hydrogen (secondary N) is 1. The van der Waals surface area contributed by atoms with Crippen molar-refractivity contribution >= 4 is 28.9 Å². The van der Waals surface area contributed by atoms with Crippen molar-refractivity contribution in [2.24, 2.45) is 10.2 Å². The first-order valence-corrected chi connectivity index (χ1v) is 7.77. The number of nitrogens with zero attached hydrogens (tertiary/aromatic N) is 2. The standard InChI is InChI=1S/C18H19N3O4/c1-2-24-13-18(23)25-12-17(22)19-14-8-10-16(11-9-14)21-20-15-6-4-3-5-7-15/h3-11H,2,12-13H2,1H3,(H,19,22). The molecule has 0 saturated heterocycles. The van der Waals surface area contributed by atoms with Crippen molar-refractivity contribution in [2.75, 3.05) is 25.1 Å². The fourth-order valence-electron chi connectivity index (χ4n) is 1.79. The third-order valence-electron chi connectivity index (χ3n) is 2.98. The number of benzene rings is 2. The van der Waals surface area contributed by atoms with Crippen molar-refractivity contribution < 1.29 is 19.1 Å². The number of hydrogen-bond acceptors (Lipinski definition) is 6. The van der Waals surface area contributed by atoms with Crippen molar-refractivity contribution in [1.82, 2.24) is 0 Å². The van der Waals surface area contributed by atoms with Crippen molar-refractivity contribution in [3.63, 3.8) is 0 Å². The van der Waals surface area contributed by atoms with Gasteiger partial charge in [0, 0.05) is 12.3 Å². The molecule has 0 bridgehead atoms. The Morgan fingerprint density at radius 1 is 0.920 bits per heavy atom. The first-order chi connectivity index (χ1) is 12.2. The maximum atomic E-state index is 11.7. The van der Waals surface area contributed by atoms with Crippen LogP contribution in [0.5, 0.6) is 0 Å². The lowest BCUT2D eigenvalue weighted by molar-refractivity contribution is -0.151. The highest BCUT2D eigenvalue weighted by Gasteiger charge is 2.07. The Kier molecular flexibility index (Phi) is 7.27. The highest BCUT2D eigenvalue weighted by atomic mass is 16.6. The van der Waals surface area contributed by atoms with Gasteiger partial charge in [-0.3, -0.25) is 4.79 Å². The third kappa shape index (κ3) is 6.92. The van der Waals surface area contributed by atoms with Crippen LogP contribution >= 0.6 is 0 Å². The molecule has 25 heavy (non-hydrogen) atoms. The van der Waals surface area contributed by atoms with Crippen LogP contribution in [-0.4, -0.2) is 31.7 Å². The summed E-state index contributed by atoms with van der Waals surface area (Å²) in [7, 11) is 0. The first-order valence-electron chi connectivity index (χ1n) is 7.77. The van der Waals surface area contributed by atoms with Gasteiger partial charge in [-0.2, -0.15) is 10.2 Å². The van der Waals surface area contributed by atoms with Crippen LogP contribution in [0.1, 0.15) is 6.92 Å². The van der Waals surface area contributed by atoms with Crippen LogP contribution in [0.3, 0.4) is 0 Å². The fraction of sp³-hybridized carbons (Fsp3) is 0.222. The van der Waals surface area contributed by atoms with Crippen LogP contribution in [0, 0.1) is 0 Å². The van der Waals surface area contributed by atoms with Crippen LogP contribution in [0.2, 0.25) is 0 Å². The number of ether oxygens (including phenoxy) is 2. The van der Waals surface area contributed by atoms with Crippen molar-refractivity contribution in [1.29, 1.82) is 0 Å². The lowest BCUT2D eigenvalue weighted by atomic mass is 10.3. The number of carbonyl (C=O) groups is 2. The summed E-state index contributed by atoms with van der Waals surface area (Å²) >= 11 is 0. The second-order valence-electron chi connectivity index (χ2n) is 4.93. The van der Waals surface area contributed by atoms with Crippen molar-refractivity contribution in [3.8, 4) is 0 Å². The van der Waals surface area contributed by atoms with E-state index in [9.17, 15) is 9.59 Å². The summed E-state index contributed by atoms with van der Waals surface area (Å²) in [4.78, 5) is 23.0. The number of rotatable bonds is 8. The molecule has 1 N–H and O–H groups in total. The number of esters is 1. The van der Waals surface area contributed by atoms with Gasteiger partial charge in [-0.1, -0.05) is 18.2 Å². The molecule has 0 fully saturated rings. The molecule has 0 radical (unpaired) electrons. The predicted molar refractivity (Wildman–Crippen MR) is 93.1 cm³/mol. The molecule has 7 heteroatoms. The SMILES string of the molecule is CCOCC(=O)OCC(=O)Nc1ccc(N=Nc2ccccc2)cc1. The van der Waals surface area contributed by atoms with E-state index in [-0.39, 0.29) is 13.2 Å². The maximum Gasteiger partial charge on any atom is 0.332 e. The fourth-order valence-corrected chi connectivity index (χ4v) is 1.79. The molecule has 2 aromatic carbocycles. The second kappa shape index (κ2) is 9.94. The zero-order chi connectivity index (χ0) is 17.9. The van der Waals surface area contributed by atoms with E-state index < -0.39 is 11.9 Å². The molecule has 0 aromatic heterocycles. The Morgan fingerprint density at radius 2 is 1.56 bits per heavy atom. The summed E-state index contributed by atoms with van der Waals surface area (Å²) in [6, 6.07) is 16.2. The predicted octanol–water partition coefficient (Wildman–Crippen LogP) is 3.62. The first kappa shape index (κ1) is 18.3. The molecule has 0 aliphatic heterocycles. The van der Waals surface area contributed by atoms with Gasteiger partial charge in [0.15, 0.2) is 6.61 Å². The second-order valence-corrected chi connectivity index (χ2v) is 4.93. The number of azo groups is 1. The van der Waals surface area contributed by atoms with Gasteiger partial charge < -0.3 is 14.8 Å². The van der Waals surface area contributed by atoms with E-state index in [2.05, 4.69) is 15.5 Å². The summed E-state index contributed by atoms with van der Waals surface area (Å²) in [5.74, 6) is -1.00. The number of amides is 1. The third-order valence-corrected chi connectivity index (χ3v) is 2.98. The topological polar surface area (TPSA) is 89.3 Å². The molecular formula is C18H19N3O4. The van der Waals surface area contributed by atoms with Crippen LogP contribution < -0.4 is 5.32 Å². The molecule has 130 valence electrons. The van der Waals surface area contributed by atoms with Gasteiger partial charge in [-0.05, 0) is 43.3 Å². The van der Waals surface area contributed by atoms with Crippen molar-refractivity contribution in [3.05, 3.63) is 54.6 Å². The Labute approximate surface area is 145 Å². The molecule has 0 spiro atoms. The van der Waals surface area contributed by atoms with Crippen LogP contribution in [0.15, 0.2) is 64.8 Å². The lowest BCUT2D eigenvalue weighted by Gasteiger charge is -2.06. The van der Waals surface area contributed by atoms with Gasteiger partial charge in [-0.25, -0.2) is 4.79 Å². The molecule has 0 aliphatic rings. The summed E-state index contributed by atoms with van der Waals surface area (Å²) in [5, 5.41) is 10.8. The highest BCUT2D eigenvalue weighted by Crippen LogP contribution is 2.19. The smallest absolute Gasteiger partial charge is 0.332 e. The molecule has 0 saturated carbocycles. The minimum atomic E-state index is -0.575. The Bertz CT molecular complexity index is 715. The average molecular weight is 341 g/mol. The van der Waals surface area contributed by atoms with E-state index in [1.807, 2.05) is 30.3 Å². The quantitative estimate of drug-likeness (QED) is 0.586. The van der Waals surface area contributed by atoms with E-state index in [0.29, 0.717) is 18.0 Å². The van der Waals surface area contributed by atoms with Crippen LogP contribution in [0.4, 0.5) is 17.1 Å². The Morgan fingerprint density at radius 3 is 2.20 bits per heavy atom. The van der Waals surface area contributed by atoms with Crippen LogP contribution in [0.25, 0.3) is 0 Å². The maximum absolute atomic E-state index is 11.7. The summed E-state index contributed by atoms with van der Waals surface area (Å²) in [6.07, 6.45) is 0.